The predicted octanol–water partition coefficient (Wildman–Crippen LogP) is 3.95. The first kappa shape index (κ1) is 11.8. The number of hydrogen-bond donors (Lipinski definition) is 1. The number of nitrogen functional groups attached to an aromatic ring is 1. The first-order valence-electron chi connectivity index (χ1n) is 4.83. The molecule has 0 atom stereocenters. The molecule has 0 spiro atoms. The van der Waals surface area contributed by atoms with Gasteiger partial charge in [-0.15, -0.1) is 11.3 Å². The lowest BCUT2D eigenvalue weighted by atomic mass is 10.2. The van der Waals surface area contributed by atoms with E-state index in [2.05, 4.69) is 25.9 Å². The van der Waals surface area contributed by atoms with Gasteiger partial charge in [0.1, 0.15) is 10.2 Å². The van der Waals surface area contributed by atoms with Gasteiger partial charge in [0, 0.05) is 21.5 Å². The van der Waals surface area contributed by atoms with Crippen molar-refractivity contribution in [2.75, 3.05) is 5.73 Å². The van der Waals surface area contributed by atoms with Crippen molar-refractivity contribution >= 4 is 56.4 Å². The average molecular weight is 349 g/mol. The second kappa shape index (κ2) is 4.42. The number of nitrogens with zero attached hydrogens (tertiary/aromatic N) is 2. The van der Waals surface area contributed by atoms with Gasteiger partial charge in [-0.3, -0.25) is 0 Å². The molecule has 17 heavy (non-hydrogen) atoms. The van der Waals surface area contributed by atoms with Crippen LogP contribution >= 0.6 is 50.6 Å². The van der Waals surface area contributed by atoms with Crippen molar-refractivity contribution in [3.05, 3.63) is 26.1 Å². The molecule has 3 heterocycles. The van der Waals surface area contributed by atoms with Gasteiger partial charge in [-0.2, -0.15) is 11.8 Å². The van der Waals surface area contributed by atoms with Gasteiger partial charge in [0.2, 0.25) is 0 Å². The SMILES string of the molecule is Nc1nc(-c2cc(Br)c(Cl)s2)nc2c1CSC2. The molecule has 2 N–H and O–H groups in total. The topological polar surface area (TPSA) is 51.8 Å². The van der Waals surface area contributed by atoms with Crippen LogP contribution in [0.4, 0.5) is 5.82 Å². The first-order chi connectivity index (χ1) is 8.15. The van der Waals surface area contributed by atoms with Gasteiger partial charge in [-0.1, -0.05) is 11.6 Å². The number of rotatable bonds is 1. The molecule has 0 saturated heterocycles. The third-order valence-corrected chi connectivity index (χ3v) is 5.92. The Hall–Kier alpha value is -0.300. The second-order valence-electron chi connectivity index (χ2n) is 3.58. The molecule has 0 amide bonds. The van der Waals surface area contributed by atoms with Crippen molar-refractivity contribution < 1.29 is 0 Å². The Kier molecular flexibility index (Phi) is 3.06. The summed E-state index contributed by atoms with van der Waals surface area (Å²) in [6, 6.07) is 1.93. The molecule has 2 aromatic rings. The van der Waals surface area contributed by atoms with Gasteiger partial charge in [0.15, 0.2) is 5.82 Å². The minimum Gasteiger partial charge on any atom is -0.383 e. The number of fused-ring (bicyclic) bond motifs is 1. The molecule has 0 saturated carbocycles. The number of thioether (sulfide) groups is 1. The predicted molar refractivity (Wildman–Crippen MR) is 77.5 cm³/mol. The number of nitrogens with two attached hydrogens (primary N) is 1. The van der Waals surface area contributed by atoms with Crippen LogP contribution in [0.25, 0.3) is 10.7 Å². The molecule has 0 fully saturated rings. The van der Waals surface area contributed by atoms with Crippen molar-refractivity contribution in [1.82, 2.24) is 9.97 Å². The second-order valence-corrected chi connectivity index (χ2v) is 7.08. The molecule has 2 aromatic heterocycles. The van der Waals surface area contributed by atoms with Gasteiger partial charge in [0.05, 0.1) is 10.6 Å². The zero-order chi connectivity index (χ0) is 12.0. The van der Waals surface area contributed by atoms with Gasteiger partial charge in [-0.25, -0.2) is 9.97 Å². The van der Waals surface area contributed by atoms with Gasteiger partial charge >= 0.3 is 0 Å². The summed E-state index contributed by atoms with van der Waals surface area (Å²) in [5.74, 6) is 3.09. The smallest absolute Gasteiger partial charge is 0.171 e. The van der Waals surface area contributed by atoms with E-state index in [4.69, 9.17) is 17.3 Å². The molecule has 1 aliphatic heterocycles. The zero-order valence-electron chi connectivity index (χ0n) is 8.54. The lowest BCUT2D eigenvalue weighted by molar-refractivity contribution is 1.09. The molecule has 88 valence electrons. The summed E-state index contributed by atoms with van der Waals surface area (Å²) in [5.41, 5.74) is 8.09. The molecule has 0 bridgehead atoms. The highest BCUT2D eigenvalue weighted by Crippen LogP contribution is 2.39. The fourth-order valence-electron chi connectivity index (χ4n) is 1.64. The van der Waals surface area contributed by atoms with E-state index in [0.717, 1.165) is 32.1 Å². The summed E-state index contributed by atoms with van der Waals surface area (Å²) in [6.07, 6.45) is 0. The average Bonchev–Trinajstić information content (AvgIpc) is 2.87. The van der Waals surface area contributed by atoms with Crippen LogP contribution in [-0.2, 0) is 11.5 Å². The van der Waals surface area contributed by atoms with Crippen LogP contribution < -0.4 is 5.73 Å². The highest BCUT2D eigenvalue weighted by atomic mass is 79.9. The summed E-state index contributed by atoms with van der Waals surface area (Å²) >= 11 is 12.7. The Bertz CT molecular complexity index is 580. The molecular formula is C10H7BrClN3S2. The summed E-state index contributed by atoms with van der Waals surface area (Å²) in [5, 5.41) is 0. The lowest BCUT2D eigenvalue weighted by Crippen LogP contribution is -2.02. The monoisotopic (exact) mass is 347 g/mol. The van der Waals surface area contributed by atoms with E-state index in [1.165, 1.54) is 11.3 Å². The standard InChI is InChI=1S/C10H7BrClN3S2/c11-5-1-7(17-8(5)12)10-14-6-3-16-2-4(6)9(13)15-10/h1H,2-3H2,(H2,13,14,15). The molecule has 1 aliphatic rings. The van der Waals surface area contributed by atoms with Gasteiger partial charge in [-0.05, 0) is 22.0 Å². The molecule has 0 aromatic carbocycles. The van der Waals surface area contributed by atoms with Crippen LogP contribution in [0, 0.1) is 0 Å². The normalized spacial score (nSPS) is 14.0. The molecule has 3 nitrogen and oxygen atoms in total. The van der Waals surface area contributed by atoms with Crippen LogP contribution in [0.5, 0.6) is 0 Å². The summed E-state index contributed by atoms with van der Waals surface area (Å²) < 4.78 is 1.58. The highest BCUT2D eigenvalue weighted by molar-refractivity contribution is 9.10. The largest absolute Gasteiger partial charge is 0.383 e. The minimum atomic E-state index is 0.593. The van der Waals surface area contributed by atoms with E-state index >= 15 is 0 Å². The van der Waals surface area contributed by atoms with E-state index in [1.807, 2.05) is 17.8 Å². The zero-order valence-corrected chi connectivity index (χ0v) is 12.5. The van der Waals surface area contributed by atoms with E-state index < -0.39 is 0 Å². The Morgan fingerprint density at radius 3 is 2.88 bits per heavy atom. The fourth-order valence-corrected chi connectivity index (χ4v) is 4.33. The van der Waals surface area contributed by atoms with E-state index in [1.54, 1.807) is 0 Å². The van der Waals surface area contributed by atoms with Crippen LogP contribution in [-0.4, -0.2) is 9.97 Å². The van der Waals surface area contributed by atoms with Crippen molar-refractivity contribution in [1.29, 1.82) is 0 Å². The summed E-state index contributed by atoms with van der Waals surface area (Å²) in [7, 11) is 0. The minimum absolute atomic E-state index is 0.593. The van der Waals surface area contributed by atoms with Crippen molar-refractivity contribution in [2.24, 2.45) is 0 Å². The molecule has 3 rings (SSSR count). The van der Waals surface area contributed by atoms with Crippen LogP contribution in [0.3, 0.4) is 0 Å². The molecule has 7 heteroatoms. The quantitative estimate of drug-likeness (QED) is 0.848. The number of hydrogen-bond acceptors (Lipinski definition) is 5. The molecule has 0 unspecified atom stereocenters. The number of anilines is 1. The van der Waals surface area contributed by atoms with Crippen molar-refractivity contribution in [3.8, 4) is 10.7 Å². The Labute approximate surface area is 120 Å². The van der Waals surface area contributed by atoms with E-state index in [9.17, 15) is 0 Å². The first-order valence-corrected chi connectivity index (χ1v) is 7.97. The maximum absolute atomic E-state index is 6.02. The van der Waals surface area contributed by atoms with Gasteiger partial charge < -0.3 is 5.73 Å². The third-order valence-electron chi connectivity index (χ3n) is 2.48. The third kappa shape index (κ3) is 2.07. The molecular weight excluding hydrogens is 342 g/mol. The highest BCUT2D eigenvalue weighted by Gasteiger charge is 2.19. The summed E-state index contributed by atoms with van der Waals surface area (Å²) in [4.78, 5) is 9.85. The fraction of sp³-hybridized carbons (Fsp3) is 0.200. The molecule has 0 aliphatic carbocycles. The maximum atomic E-state index is 6.02. The van der Waals surface area contributed by atoms with E-state index in [0.29, 0.717) is 16.0 Å². The van der Waals surface area contributed by atoms with Crippen LogP contribution in [0.15, 0.2) is 10.5 Å². The van der Waals surface area contributed by atoms with Crippen molar-refractivity contribution in [3.63, 3.8) is 0 Å². The Morgan fingerprint density at radius 1 is 1.35 bits per heavy atom. The van der Waals surface area contributed by atoms with E-state index in [-0.39, 0.29) is 0 Å². The Balaban J connectivity index is 2.13. The van der Waals surface area contributed by atoms with Crippen LogP contribution in [0.1, 0.15) is 11.3 Å². The summed E-state index contributed by atoms with van der Waals surface area (Å²) in [6.45, 7) is 0. The lowest BCUT2D eigenvalue weighted by Gasteiger charge is -2.04. The number of thiophene rings is 1. The van der Waals surface area contributed by atoms with Crippen molar-refractivity contribution in [2.45, 2.75) is 11.5 Å². The number of aromatic nitrogens is 2. The molecule has 0 radical (unpaired) electrons. The van der Waals surface area contributed by atoms with Gasteiger partial charge in [0.25, 0.3) is 0 Å². The number of halogens is 2. The van der Waals surface area contributed by atoms with Crippen LogP contribution in [0.2, 0.25) is 4.34 Å². The maximum Gasteiger partial charge on any atom is 0.171 e. The Morgan fingerprint density at radius 2 is 2.18 bits per heavy atom.